The molecule has 84 valence electrons. The van der Waals surface area contributed by atoms with Gasteiger partial charge in [0.25, 0.3) is 0 Å². The van der Waals surface area contributed by atoms with Crippen molar-refractivity contribution in [3.8, 4) is 0 Å². The minimum atomic E-state index is 0.118. The van der Waals surface area contributed by atoms with Crippen molar-refractivity contribution in [2.24, 2.45) is 5.73 Å². The van der Waals surface area contributed by atoms with Crippen LogP contribution in [0.1, 0.15) is 30.5 Å². The molecule has 3 N–H and O–H groups in total. The topological polar surface area (TPSA) is 67.6 Å². The number of aryl methyl sites for hydroxylation is 2. The van der Waals surface area contributed by atoms with Gasteiger partial charge in [0, 0.05) is 17.1 Å². The number of fused-ring (bicyclic) bond motifs is 1. The Morgan fingerprint density at radius 3 is 3.00 bits per heavy atom. The number of H-pyrrole nitrogens is 1. The maximum atomic E-state index is 6.10. The van der Waals surface area contributed by atoms with E-state index in [-0.39, 0.29) is 5.54 Å². The normalized spacial score (nSPS) is 17.9. The maximum absolute atomic E-state index is 6.10. The lowest BCUT2D eigenvalue weighted by Crippen LogP contribution is -2.22. The zero-order valence-electron chi connectivity index (χ0n) is 9.45. The molecule has 0 saturated heterocycles. The van der Waals surface area contributed by atoms with E-state index in [4.69, 9.17) is 5.73 Å². The molecule has 4 heteroatoms. The number of nitrogens with zero attached hydrogens (tertiary/aromatic N) is 2. The number of nitrogens with two attached hydrogens (primary N) is 1. The number of nitrogens with one attached hydrogen (secondary N) is 1. The van der Waals surface area contributed by atoms with E-state index in [1.807, 2.05) is 13.1 Å². The SMILES string of the molecule is Cc1ncnc2[nH]cc(CCC3(N)CC3)c12. The second-order valence-electron chi connectivity index (χ2n) is 4.86. The van der Waals surface area contributed by atoms with Gasteiger partial charge in [0.05, 0.1) is 5.69 Å². The fraction of sp³-hybridized carbons (Fsp3) is 0.500. The van der Waals surface area contributed by atoms with Crippen LogP contribution in [-0.4, -0.2) is 20.5 Å². The Hall–Kier alpha value is -1.42. The van der Waals surface area contributed by atoms with E-state index < -0.39 is 0 Å². The van der Waals surface area contributed by atoms with Gasteiger partial charge in [0.15, 0.2) is 0 Å². The molecule has 0 spiro atoms. The molecule has 1 aliphatic carbocycles. The molecule has 1 fully saturated rings. The zero-order valence-corrected chi connectivity index (χ0v) is 9.45. The van der Waals surface area contributed by atoms with Crippen LogP contribution in [0.15, 0.2) is 12.5 Å². The molecule has 0 aliphatic heterocycles. The summed E-state index contributed by atoms with van der Waals surface area (Å²) in [5, 5.41) is 1.17. The molecular formula is C12H16N4. The molecule has 1 aliphatic rings. The lowest BCUT2D eigenvalue weighted by molar-refractivity contribution is 0.610. The number of hydrogen-bond acceptors (Lipinski definition) is 3. The zero-order chi connectivity index (χ0) is 11.2. The van der Waals surface area contributed by atoms with E-state index in [9.17, 15) is 0 Å². The van der Waals surface area contributed by atoms with Gasteiger partial charge < -0.3 is 10.7 Å². The van der Waals surface area contributed by atoms with Gasteiger partial charge in [-0.2, -0.15) is 0 Å². The highest BCUT2D eigenvalue weighted by atomic mass is 14.9. The molecule has 1 saturated carbocycles. The van der Waals surface area contributed by atoms with Gasteiger partial charge in [-0.05, 0) is 38.2 Å². The van der Waals surface area contributed by atoms with Crippen molar-refractivity contribution < 1.29 is 0 Å². The largest absolute Gasteiger partial charge is 0.346 e. The predicted octanol–water partition coefficient (Wildman–Crippen LogP) is 1.69. The second-order valence-corrected chi connectivity index (χ2v) is 4.86. The van der Waals surface area contributed by atoms with Crippen LogP contribution in [0, 0.1) is 6.92 Å². The van der Waals surface area contributed by atoms with E-state index in [1.165, 1.54) is 23.8 Å². The Kier molecular flexibility index (Phi) is 2.01. The number of hydrogen-bond donors (Lipinski definition) is 2. The molecule has 0 atom stereocenters. The molecule has 2 aromatic rings. The van der Waals surface area contributed by atoms with Crippen LogP contribution in [0.25, 0.3) is 11.0 Å². The van der Waals surface area contributed by atoms with Gasteiger partial charge in [-0.1, -0.05) is 0 Å². The van der Waals surface area contributed by atoms with Crippen molar-refractivity contribution in [3.63, 3.8) is 0 Å². The quantitative estimate of drug-likeness (QED) is 0.820. The molecule has 2 heterocycles. The predicted molar refractivity (Wildman–Crippen MR) is 63.1 cm³/mol. The molecule has 0 bridgehead atoms. The summed E-state index contributed by atoms with van der Waals surface area (Å²) < 4.78 is 0. The third-order valence-electron chi connectivity index (χ3n) is 3.53. The van der Waals surface area contributed by atoms with Crippen LogP contribution in [0.2, 0.25) is 0 Å². The molecule has 16 heavy (non-hydrogen) atoms. The molecule has 0 amide bonds. The van der Waals surface area contributed by atoms with Gasteiger partial charge >= 0.3 is 0 Å². The van der Waals surface area contributed by atoms with Crippen LogP contribution < -0.4 is 5.73 Å². The van der Waals surface area contributed by atoms with Gasteiger partial charge in [-0.3, -0.25) is 0 Å². The third kappa shape index (κ3) is 1.59. The molecule has 3 rings (SSSR count). The molecule has 0 aromatic carbocycles. The van der Waals surface area contributed by atoms with Crippen molar-refractivity contribution in [1.29, 1.82) is 0 Å². The number of rotatable bonds is 3. The molecular weight excluding hydrogens is 200 g/mol. The van der Waals surface area contributed by atoms with Gasteiger partial charge in [0.1, 0.15) is 12.0 Å². The average molecular weight is 216 g/mol. The van der Waals surface area contributed by atoms with Crippen LogP contribution >= 0.6 is 0 Å². The smallest absolute Gasteiger partial charge is 0.141 e. The molecule has 0 radical (unpaired) electrons. The standard InChI is InChI=1S/C12H16N4/c1-8-10-9(2-3-12(13)4-5-12)6-14-11(10)16-7-15-8/h6-7H,2-5,13H2,1H3,(H,14,15,16). The summed E-state index contributed by atoms with van der Waals surface area (Å²) in [6.45, 7) is 2.02. The van der Waals surface area contributed by atoms with E-state index >= 15 is 0 Å². The summed E-state index contributed by atoms with van der Waals surface area (Å²) in [6.07, 6.45) is 8.07. The highest BCUT2D eigenvalue weighted by molar-refractivity contribution is 5.81. The first-order valence-corrected chi connectivity index (χ1v) is 5.74. The summed E-state index contributed by atoms with van der Waals surface area (Å²) in [5.41, 5.74) is 9.50. The van der Waals surface area contributed by atoms with Crippen molar-refractivity contribution in [1.82, 2.24) is 15.0 Å². The minimum Gasteiger partial charge on any atom is -0.346 e. The Morgan fingerprint density at radius 1 is 1.44 bits per heavy atom. The first kappa shape index (κ1) is 9.78. The van der Waals surface area contributed by atoms with E-state index in [2.05, 4.69) is 15.0 Å². The summed E-state index contributed by atoms with van der Waals surface area (Å²) in [5.74, 6) is 0. The van der Waals surface area contributed by atoms with Gasteiger partial charge in [0.2, 0.25) is 0 Å². The Morgan fingerprint density at radius 2 is 2.25 bits per heavy atom. The fourth-order valence-electron chi connectivity index (χ4n) is 2.19. The van der Waals surface area contributed by atoms with Crippen LogP contribution in [0.4, 0.5) is 0 Å². The molecule has 4 nitrogen and oxygen atoms in total. The van der Waals surface area contributed by atoms with E-state index in [0.717, 1.165) is 24.2 Å². The Balaban J connectivity index is 1.91. The molecule has 2 aromatic heterocycles. The van der Waals surface area contributed by atoms with Gasteiger partial charge in [-0.15, -0.1) is 0 Å². The summed E-state index contributed by atoms with van der Waals surface area (Å²) >= 11 is 0. The lowest BCUT2D eigenvalue weighted by atomic mass is 10.0. The van der Waals surface area contributed by atoms with Crippen LogP contribution in [-0.2, 0) is 6.42 Å². The maximum Gasteiger partial charge on any atom is 0.141 e. The Labute approximate surface area is 94.3 Å². The van der Waals surface area contributed by atoms with Gasteiger partial charge in [-0.25, -0.2) is 9.97 Å². The number of aromatic nitrogens is 3. The average Bonchev–Trinajstić information content (AvgIpc) is 2.86. The second kappa shape index (κ2) is 3.28. The summed E-state index contributed by atoms with van der Waals surface area (Å²) in [6, 6.07) is 0. The van der Waals surface area contributed by atoms with Crippen molar-refractivity contribution in [2.75, 3.05) is 0 Å². The minimum absolute atomic E-state index is 0.118. The number of aromatic amines is 1. The van der Waals surface area contributed by atoms with Crippen LogP contribution in [0.5, 0.6) is 0 Å². The summed E-state index contributed by atoms with van der Waals surface area (Å²) in [7, 11) is 0. The Bertz CT molecular complexity index is 525. The monoisotopic (exact) mass is 216 g/mol. The third-order valence-corrected chi connectivity index (χ3v) is 3.53. The van der Waals surface area contributed by atoms with E-state index in [1.54, 1.807) is 6.33 Å². The van der Waals surface area contributed by atoms with Crippen LogP contribution in [0.3, 0.4) is 0 Å². The van der Waals surface area contributed by atoms with E-state index in [0.29, 0.717) is 0 Å². The molecule has 0 unspecified atom stereocenters. The van der Waals surface area contributed by atoms with Crippen molar-refractivity contribution in [2.45, 2.75) is 38.1 Å². The highest BCUT2D eigenvalue weighted by Crippen LogP contribution is 2.37. The lowest BCUT2D eigenvalue weighted by Gasteiger charge is -2.07. The first-order chi connectivity index (χ1) is 7.68. The fourth-order valence-corrected chi connectivity index (χ4v) is 2.19. The first-order valence-electron chi connectivity index (χ1n) is 5.74. The van der Waals surface area contributed by atoms with Crippen molar-refractivity contribution in [3.05, 3.63) is 23.8 Å². The summed E-state index contributed by atoms with van der Waals surface area (Å²) in [4.78, 5) is 11.7. The highest BCUT2D eigenvalue weighted by Gasteiger charge is 2.37. The van der Waals surface area contributed by atoms with Crippen molar-refractivity contribution >= 4 is 11.0 Å².